The van der Waals surface area contributed by atoms with E-state index in [0.29, 0.717) is 137 Å². The van der Waals surface area contributed by atoms with Crippen LogP contribution in [-0.2, 0) is 61.8 Å². The molecule has 1 aromatic carbocycles. The van der Waals surface area contributed by atoms with E-state index >= 15 is 0 Å². The number of carbonyl (C=O) groups excluding carboxylic acids is 2. The van der Waals surface area contributed by atoms with Crippen molar-refractivity contribution >= 4 is 40.8 Å². The van der Waals surface area contributed by atoms with Crippen LogP contribution in [0.2, 0.25) is 0 Å². The number of fused-ring (bicyclic) bond motifs is 1. The number of hydrogen-bond donors (Lipinski definition) is 1. The standard InChI is InChI=1S/C48H68F4N4O14S/c1-3-8-56(69-4-2)48(58)37-30-42-41(54-43(53)31-37)32-38(71-42)6-5-36-34-55(35-36)9-11-60-13-15-62-17-19-64-21-23-66-25-27-68-29-28-67-26-24-65-22-20-63-18-16-61-14-12-59-10-7-44(57)70-47-45(51)39(49)33-40(50)46(47)52/h30,32-33,36H,3-4,7-29,31,34-35H2,1-2H3,(H2,53,54). The van der Waals surface area contributed by atoms with Crippen LogP contribution in [0.1, 0.15) is 42.9 Å². The lowest BCUT2D eigenvalue weighted by Gasteiger charge is -2.36. The normalized spacial score (nSPS) is 13.8. The van der Waals surface area contributed by atoms with Gasteiger partial charge in [0.1, 0.15) is 5.84 Å². The van der Waals surface area contributed by atoms with Crippen LogP contribution in [0, 0.1) is 41.0 Å². The zero-order valence-electron chi connectivity index (χ0n) is 40.7. The molecule has 1 saturated heterocycles. The topological polar surface area (TPSA) is 190 Å². The Bertz CT molecular complexity index is 1970. The van der Waals surface area contributed by atoms with Crippen LogP contribution < -0.4 is 10.5 Å². The highest BCUT2D eigenvalue weighted by molar-refractivity contribution is 7.14. The van der Waals surface area contributed by atoms with Gasteiger partial charge in [-0.05, 0) is 25.5 Å². The van der Waals surface area contributed by atoms with E-state index in [1.54, 1.807) is 0 Å². The van der Waals surface area contributed by atoms with E-state index in [1.165, 1.54) is 16.4 Å². The SMILES string of the molecule is CCCN(OCC)C(=O)C1=Cc2sc(C#CC3CN(CCOCCOCCOCCOCCOCCOCCOCCOCCOCCOCCC(=O)Oc4c(F)c(F)cc(F)c4F)C3)cc2N=C(N)C1. The predicted octanol–water partition coefficient (Wildman–Crippen LogP) is 4.72. The maximum Gasteiger partial charge on any atom is 0.313 e. The van der Waals surface area contributed by atoms with Crippen molar-refractivity contribution in [3.05, 3.63) is 50.7 Å². The minimum atomic E-state index is -1.80. The van der Waals surface area contributed by atoms with Gasteiger partial charge in [-0.1, -0.05) is 18.8 Å². The smallest absolute Gasteiger partial charge is 0.313 e. The predicted molar refractivity (Wildman–Crippen MR) is 253 cm³/mol. The molecule has 2 aromatic rings. The van der Waals surface area contributed by atoms with Gasteiger partial charge in [-0.15, -0.1) is 11.3 Å². The average Bonchev–Trinajstić information content (AvgIpc) is 3.64. The number of ether oxygens (including phenoxy) is 11. The van der Waals surface area contributed by atoms with E-state index in [4.69, 9.17) is 57.9 Å². The molecule has 1 amide bonds. The lowest BCUT2D eigenvalue weighted by Crippen LogP contribution is -2.47. The Morgan fingerprint density at radius 2 is 1.17 bits per heavy atom. The summed E-state index contributed by atoms with van der Waals surface area (Å²) in [6.07, 6.45) is 2.52. The molecule has 0 aliphatic carbocycles. The highest BCUT2D eigenvalue weighted by Crippen LogP contribution is 2.35. The maximum absolute atomic E-state index is 13.6. The largest absolute Gasteiger partial charge is 0.420 e. The Hall–Kier alpha value is -4.13. The molecule has 398 valence electrons. The zero-order chi connectivity index (χ0) is 50.9. The van der Waals surface area contributed by atoms with Crippen molar-refractivity contribution in [1.29, 1.82) is 0 Å². The first-order valence-electron chi connectivity index (χ1n) is 23.8. The van der Waals surface area contributed by atoms with E-state index in [1.807, 2.05) is 26.0 Å². The van der Waals surface area contributed by atoms with Crippen LogP contribution in [0.3, 0.4) is 0 Å². The van der Waals surface area contributed by atoms with E-state index in [0.717, 1.165) is 41.5 Å². The molecule has 1 aromatic heterocycles. The van der Waals surface area contributed by atoms with Crippen LogP contribution >= 0.6 is 11.3 Å². The van der Waals surface area contributed by atoms with E-state index in [2.05, 4.69) is 26.5 Å². The van der Waals surface area contributed by atoms with Gasteiger partial charge in [0.25, 0.3) is 5.91 Å². The number of hydroxylamine groups is 2. The first-order valence-corrected chi connectivity index (χ1v) is 24.6. The number of thiophene rings is 1. The minimum Gasteiger partial charge on any atom is -0.420 e. The molecule has 0 bridgehead atoms. The maximum atomic E-state index is 13.6. The Morgan fingerprint density at radius 1 is 0.704 bits per heavy atom. The highest BCUT2D eigenvalue weighted by Gasteiger charge is 2.26. The number of nitrogens with two attached hydrogens (primary N) is 1. The quantitative estimate of drug-likeness (QED) is 0.0184. The Kier molecular flexibility index (Phi) is 30.1. The molecule has 0 unspecified atom stereocenters. The lowest BCUT2D eigenvalue weighted by atomic mass is 10.0. The van der Waals surface area contributed by atoms with Gasteiger partial charge in [-0.3, -0.25) is 19.3 Å². The highest BCUT2D eigenvalue weighted by atomic mass is 32.1. The lowest BCUT2D eigenvalue weighted by molar-refractivity contribution is -0.180. The third kappa shape index (κ3) is 24.0. The number of carbonyl (C=O) groups is 2. The summed E-state index contributed by atoms with van der Waals surface area (Å²) in [5.41, 5.74) is 7.46. The summed E-state index contributed by atoms with van der Waals surface area (Å²) < 4.78 is 113. The first-order chi connectivity index (χ1) is 34.6. The molecule has 4 rings (SSSR count). The number of aliphatic imine (C=N–C) groups is 1. The zero-order valence-corrected chi connectivity index (χ0v) is 41.5. The molecule has 0 saturated carbocycles. The van der Waals surface area contributed by atoms with Crippen LogP contribution in [0.15, 0.2) is 22.7 Å². The second kappa shape index (κ2) is 35.9. The van der Waals surface area contributed by atoms with Crippen molar-refractivity contribution in [3.63, 3.8) is 0 Å². The number of nitrogens with zero attached hydrogens (tertiary/aromatic N) is 3. The van der Waals surface area contributed by atoms with Crippen molar-refractivity contribution in [3.8, 4) is 17.6 Å². The number of amides is 1. The summed E-state index contributed by atoms with van der Waals surface area (Å²) in [7, 11) is 0. The fourth-order valence-electron chi connectivity index (χ4n) is 6.38. The Balaban J connectivity index is 0.826. The third-order valence-corrected chi connectivity index (χ3v) is 10.9. The molecule has 2 N–H and O–H groups in total. The number of benzene rings is 1. The molecule has 2 aliphatic heterocycles. The number of halogens is 4. The summed E-state index contributed by atoms with van der Waals surface area (Å²) >= 11 is 1.51. The van der Waals surface area contributed by atoms with E-state index in [-0.39, 0.29) is 44.1 Å². The second-order valence-corrected chi connectivity index (χ2v) is 16.6. The van der Waals surface area contributed by atoms with Crippen LogP contribution in [0.4, 0.5) is 23.2 Å². The van der Waals surface area contributed by atoms with Crippen molar-refractivity contribution < 1.29 is 84.1 Å². The monoisotopic (exact) mass is 1030 g/mol. The summed E-state index contributed by atoms with van der Waals surface area (Å²) in [4.78, 5) is 39.0. The molecule has 2 aliphatic rings. The van der Waals surface area contributed by atoms with Gasteiger partial charge in [0, 0.05) is 50.2 Å². The molecule has 1 fully saturated rings. The van der Waals surface area contributed by atoms with Gasteiger partial charge in [-0.2, -0.15) is 8.78 Å². The second-order valence-electron chi connectivity index (χ2n) is 15.5. The van der Waals surface area contributed by atoms with Gasteiger partial charge in [0.15, 0.2) is 11.6 Å². The molecular weight excluding hydrogens is 965 g/mol. The molecule has 0 radical (unpaired) electrons. The van der Waals surface area contributed by atoms with Gasteiger partial charge in [0.2, 0.25) is 17.4 Å². The minimum absolute atomic E-state index is 0.0176. The van der Waals surface area contributed by atoms with Gasteiger partial charge < -0.3 is 57.8 Å². The summed E-state index contributed by atoms with van der Waals surface area (Å²) in [6, 6.07) is 1.95. The number of hydrogen-bond acceptors (Lipinski definition) is 18. The summed E-state index contributed by atoms with van der Waals surface area (Å²) in [5, 5.41) is 1.41. The molecule has 0 atom stereocenters. The first kappa shape index (κ1) is 59.4. The van der Waals surface area contributed by atoms with Crippen LogP contribution in [0.5, 0.6) is 5.75 Å². The molecular formula is C48H68F4N4O14S. The van der Waals surface area contributed by atoms with Crippen molar-refractivity contribution in [2.45, 2.75) is 33.1 Å². The van der Waals surface area contributed by atoms with Crippen molar-refractivity contribution in [1.82, 2.24) is 9.96 Å². The molecule has 23 heteroatoms. The van der Waals surface area contributed by atoms with Crippen LogP contribution in [-0.4, -0.2) is 193 Å². The van der Waals surface area contributed by atoms with E-state index in [9.17, 15) is 27.2 Å². The number of amidine groups is 1. The van der Waals surface area contributed by atoms with Crippen LogP contribution in [0.25, 0.3) is 6.08 Å². The molecule has 0 spiro atoms. The van der Waals surface area contributed by atoms with Gasteiger partial charge >= 0.3 is 5.97 Å². The van der Waals surface area contributed by atoms with Gasteiger partial charge in [-0.25, -0.2) is 18.8 Å². The van der Waals surface area contributed by atoms with Gasteiger partial charge in [0.05, 0.1) is 161 Å². The Morgan fingerprint density at radius 3 is 1.63 bits per heavy atom. The van der Waals surface area contributed by atoms with Crippen molar-refractivity contribution in [2.24, 2.45) is 16.6 Å². The molecule has 3 heterocycles. The fraction of sp³-hybridized carbons (Fsp3) is 0.646. The third-order valence-electron chi connectivity index (χ3n) is 9.89. The summed E-state index contributed by atoms with van der Waals surface area (Å²) in [6.45, 7) is 15.0. The number of rotatable bonds is 39. The van der Waals surface area contributed by atoms with E-state index < -0.39 is 41.4 Å². The van der Waals surface area contributed by atoms with Crippen molar-refractivity contribution in [2.75, 3.05) is 165 Å². The Labute approximate surface area is 416 Å². The average molecular weight is 1030 g/mol. The summed E-state index contributed by atoms with van der Waals surface area (Å²) in [5.74, 6) is -2.35. The molecule has 71 heavy (non-hydrogen) atoms. The number of likely N-dealkylation sites (tertiary alicyclic amines) is 1. The molecule has 18 nitrogen and oxygen atoms in total. The fourth-order valence-corrected chi connectivity index (χ4v) is 7.31. The number of esters is 1.